The monoisotopic (exact) mass is 446 g/mol. The van der Waals surface area contributed by atoms with Gasteiger partial charge in [0, 0.05) is 17.9 Å². The van der Waals surface area contributed by atoms with Gasteiger partial charge in [0.2, 0.25) is 0 Å². The summed E-state index contributed by atoms with van der Waals surface area (Å²) in [4.78, 5) is 4.65. The Hall–Kier alpha value is -4.00. The molecule has 0 amide bonds. The number of nitrogens with two attached hydrogens (primary N) is 2. The molecule has 0 atom stereocenters. The van der Waals surface area contributed by atoms with Crippen molar-refractivity contribution >= 4 is 16.7 Å². The average molecular weight is 447 g/mol. The highest BCUT2D eigenvalue weighted by atomic mass is 16.5. The van der Waals surface area contributed by atoms with E-state index in [-0.39, 0.29) is 12.4 Å². The minimum Gasteiger partial charge on any atom is -0.490 e. The lowest BCUT2D eigenvalue weighted by Crippen LogP contribution is -2.20. The lowest BCUT2D eigenvalue weighted by molar-refractivity contribution is 0.247. The molecular weight excluding hydrogens is 416 g/mol. The minimum absolute atomic E-state index is 0.152. The van der Waals surface area contributed by atoms with Gasteiger partial charge in [-0.25, -0.2) is 4.98 Å². The van der Waals surface area contributed by atoms with Crippen LogP contribution >= 0.6 is 0 Å². The summed E-state index contributed by atoms with van der Waals surface area (Å²) >= 11 is 0. The molecule has 0 unspecified atom stereocenters. The number of benzene rings is 2. The molecule has 7 nitrogen and oxygen atoms in total. The highest BCUT2D eigenvalue weighted by Crippen LogP contribution is 2.22. The van der Waals surface area contributed by atoms with Gasteiger partial charge in [-0.2, -0.15) is 5.10 Å². The first-order valence-electron chi connectivity index (χ1n) is 10.8. The molecule has 0 radical (unpaired) electrons. The number of aromatic nitrogens is 1. The molecule has 0 bridgehead atoms. The Bertz CT molecular complexity index is 1150. The van der Waals surface area contributed by atoms with Crippen molar-refractivity contribution < 1.29 is 14.2 Å². The van der Waals surface area contributed by atoms with Crippen molar-refractivity contribution in [3.05, 3.63) is 89.8 Å². The second-order valence-corrected chi connectivity index (χ2v) is 7.28. The molecule has 0 saturated carbocycles. The van der Waals surface area contributed by atoms with Crippen LogP contribution in [-0.4, -0.2) is 24.0 Å². The van der Waals surface area contributed by atoms with Gasteiger partial charge in [-0.1, -0.05) is 43.3 Å². The van der Waals surface area contributed by atoms with E-state index in [0.29, 0.717) is 31.1 Å². The van der Waals surface area contributed by atoms with Gasteiger partial charge in [-0.15, -0.1) is 0 Å². The number of hydrogen-bond acceptors (Lipinski definition) is 6. The molecule has 3 aromatic rings. The summed E-state index contributed by atoms with van der Waals surface area (Å²) in [6.45, 7) is 4.87. The fourth-order valence-electron chi connectivity index (χ4n) is 3.03. The third-order valence-corrected chi connectivity index (χ3v) is 4.89. The van der Waals surface area contributed by atoms with Crippen molar-refractivity contribution in [1.82, 2.24) is 4.98 Å². The highest BCUT2D eigenvalue weighted by molar-refractivity contribution is 5.81. The first-order valence-corrected chi connectivity index (χ1v) is 10.8. The van der Waals surface area contributed by atoms with Gasteiger partial charge in [0.15, 0.2) is 5.84 Å². The van der Waals surface area contributed by atoms with Crippen LogP contribution in [0.2, 0.25) is 0 Å². The van der Waals surface area contributed by atoms with Crippen LogP contribution in [-0.2, 0) is 11.3 Å². The number of allylic oxidation sites excluding steroid dienone is 2. The van der Waals surface area contributed by atoms with Crippen molar-refractivity contribution in [2.75, 3.05) is 13.2 Å². The molecule has 7 heteroatoms. The van der Waals surface area contributed by atoms with Gasteiger partial charge >= 0.3 is 0 Å². The third kappa shape index (κ3) is 7.28. The second-order valence-electron chi connectivity index (χ2n) is 7.28. The van der Waals surface area contributed by atoms with Crippen LogP contribution in [0.15, 0.2) is 89.2 Å². The van der Waals surface area contributed by atoms with Crippen LogP contribution in [0, 0.1) is 0 Å². The summed E-state index contributed by atoms with van der Waals surface area (Å²) in [5.41, 5.74) is 8.39. The van der Waals surface area contributed by atoms with Crippen molar-refractivity contribution in [3.63, 3.8) is 0 Å². The fourth-order valence-corrected chi connectivity index (χ4v) is 3.03. The van der Waals surface area contributed by atoms with Crippen LogP contribution in [0.4, 0.5) is 0 Å². The van der Waals surface area contributed by atoms with Crippen LogP contribution in [0.5, 0.6) is 11.5 Å². The van der Waals surface area contributed by atoms with Crippen LogP contribution < -0.4 is 21.1 Å². The predicted octanol–water partition coefficient (Wildman–Crippen LogP) is 4.68. The molecule has 0 fully saturated rings. The SMILES string of the molecule is C/C=C(\C=C(/CC)OC/C(N)=N/N)COc1cccc(OCc2ccc3ccccc3n2)c1. The molecule has 0 saturated heterocycles. The van der Waals surface area contributed by atoms with E-state index in [0.717, 1.165) is 27.9 Å². The summed E-state index contributed by atoms with van der Waals surface area (Å²) in [5, 5.41) is 4.52. The largest absolute Gasteiger partial charge is 0.490 e. The van der Waals surface area contributed by atoms with E-state index < -0.39 is 0 Å². The van der Waals surface area contributed by atoms with Gasteiger partial charge in [-0.3, -0.25) is 0 Å². The fraction of sp³-hybridized carbons (Fsp3) is 0.231. The molecule has 4 N–H and O–H groups in total. The molecule has 0 aliphatic rings. The molecule has 33 heavy (non-hydrogen) atoms. The molecule has 2 aromatic carbocycles. The Kier molecular flexibility index (Phi) is 8.71. The molecule has 172 valence electrons. The van der Waals surface area contributed by atoms with Crippen LogP contribution in [0.3, 0.4) is 0 Å². The van der Waals surface area contributed by atoms with Crippen molar-refractivity contribution in [1.29, 1.82) is 0 Å². The third-order valence-electron chi connectivity index (χ3n) is 4.89. The highest BCUT2D eigenvalue weighted by Gasteiger charge is 2.04. The number of fused-ring (bicyclic) bond motifs is 1. The maximum absolute atomic E-state index is 5.97. The Morgan fingerprint density at radius 3 is 2.55 bits per heavy atom. The normalized spacial score (nSPS) is 12.6. The van der Waals surface area contributed by atoms with Gasteiger partial charge in [0.05, 0.1) is 17.0 Å². The summed E-state index contributed by atoms with van der Waals surface area (Å²) < 4.78 is 17.6. The summed E-state index contributed by atoms with van der Waals surface area (Å²) in [6.07, 6.45) is 4.63. The van der Waals surface area contributed by atoms with Crippen LogP contribution in [0.25, 0.3) is 10.9 Å². The first-order chi connectivity index (χ1) is 16.1. The van der Waals surface area contributed by atoms with Gasteiger partial charge in [0.1, 0.15) is 31.3 Å². The molecule has 0 spiro atoms. The van der Waals surface area contributed by atoms with Crippen molar-refractivity contribution in [3.8, 4) is 11.5 Å². The zero-order valence-corrected chi connectivity index (χ0v) is 19.0. The van der Waals surface area contributed by atoms with E-state index in [1.54, 1.807) is 0 Å². The Balaban J connectivity index is 1.57. The van der Waals surface area contributed by atoms with E-state index in [2.05, 4.69) is 16.2 Å². The summed E-state index contributed by atoms with van der Waals surface area (Å²) in [6, 6.07) is 19.6. The lowest BCUT2D eigenvalue weighted by Gasteiger charge is -2.12. The Morgan fingerprint density at radius 1 is 1.00 bits per heavy atom. The smallest absolute Gasteiger partial charge is 0.157 e. The number of hydrogen-bond donors (Lipinski definition) is 2. The number of rotatable bonds is 11. The molecular formula is C26H30N4O3. The molecule has 0 aliphatic carbocycles. The number of amidine groups is 1. The quantitative estimate of drug-likeness (QED) is 0.111. The van der Waals surface area contributed by atoms with E-state index >= 15 is 0 Å². The van der Waals surface area contributed by atoms with Gasteiger partial charge in [0.25, 0.3) is 0 Å². The van der Waals surface area contributed by atoms with E-state index in [1.807, 2.05) is 80.6 Å². The molecule has 1 heterocycles. The number of para-hydroxylation sites is 1. The number of pyridine rings is 1. The summed E-state index contributed by atoms with van der Waals surface area (Å²) in [5.74, 6) is 7.59. The Labute approximate surface area is 194 Å². The predicted molar refractivity (Wildman–Crippen MR) is 132 cm³/mol. The standard InChI is InChI=1S/C26H30N4O3/c1-3-19(14-22(4-2)33-18-26(27)30-28)16-31-23-9-7-10-24(15-23)32-17-21-13-12-20-8-5-6-11-25(20)29-21/h3,5-15H,4,16-18,28H2,1-2H3,(H2,27,30)/b19-3+,22-14+. The topological polar surface area (TPSA) is 105 Å². The maximum atomic E-state index is 5.97. The molecule has 3 rings (SSSR count). The van der Waals surface area contributed by atoms with E-state index in [9.17, 15) is 0 Å². The van der Waals surface area contributed by atoms with Crippen molar-refractivity contribution in [2.45, 2.75) is 26.9 Å². The van der Waals surface area contributed by atoms with Crippen LogP contribution in [0.1, 0.15) is 26.0 Å². The molecule has 1 aromatic heterocycles. The lowest BCUT2D eigenvalue weighted by atomic mass is 10.2. The van der Waals surface area contributed by atoms with E-state index in [1.165, 1.54) is 0 Å². The zero-order chi connectivity index (χ0) is 23.5. The van der Waals surface area contributed by atoms with Gasteiger partial charge < -0.3 is 25.8 Å². The zero-order valence-electron chi connectivity index (χ0n) is 19.0. The first kappa shape index (κ1) is 23.7. The summed E-state index contributed by atoms with van der Waals surface area (Å²) in [7, 11) is 0. The number of nitrogens with zero attached hydrogens (tertiary/aromatic N) is 2. The second kappa shape index (κ2) is 12.1. The molecule has 0 aliphatic heterocycles. The van der Waals surface area contributed by atoms with Gasteiger partial charge in [-0.05, 0) is 42.8 Å². The number of ether oxygens (including phenoxy) is 3. The average Bonchev–Trinajstić information content (AvgIpc) is 2.87. The number of hydrazone groups is 1. The van der Waals surface area contributed by atoms with Crippen molar-refractivity contribution in [2.24, 2.45) is 16.7 Å². The maximum Gasteiger partial charge on any atom is 0.157 e. The van der Waals surface area contributed by atoms with E-state index in [4.69, 9.17) is 25.8 Å². The minimum atomic E-state index is 0.152. The Morgan fingerprint density at radius 2 is 1.79 bits per heavy atom.